The van der Waals surface area contributed by atoms with Crippen molar-refractivity contribution in [1.82, 2.24) is 5.32 Å². The highest BCUT2D eigenvalue weighted by Crippen LogP contribution is 2.13. The second kappa shape index (κ2) is 7.00. The fraction of sp³-hybridized carbons (Fsp3) is 0.167. The van der Waals surface area contributed by atoms with Crippen LogP contribution in [-0.4, -0.2) is 39.7 Å². The Bertz CT molecular complexity index is 555. The van der Waals surface area contributed by atoms with E-state index in [2.05, 4.69) is 5.32 Å². The van der Waals surface area contributed by atoms with Crippen LogP contribution < -0.4 is 5.32 Å². The van der Waals surface area contributed by atoms with E-state index in [1.54, 1.807) is 6.07 Å². The molecule has 1 amide bonds. The Morgan fingerprint density at radius 2 is 2.15 bits per heavy atom. The van der Waals surface area contributed by atoms with E-state index in [0.29, 0.717) is 5.56 Å². The van der Waals surface area contributed by atoms with Crippen LogP contribution in [0.3, 0.4) is 0 Å². The number of benzene rings is 1. The predicted octanol–water partition coefficient (Wildman–Crippen LogP) is 0.170. The molecule has 0 aliphatic carbocycles. The topological polar surface area (TPSA) is 130 Å². The molecule has 1 atom stereocenters. The Kier molecular flexibility index (Phi) is 5.36. The normalized spacial score (nSPS) is 12.1. The van der Waals surface area contributed by atoms with Crippen LogP contribution in [0.25, 0.3) is 6.08 Å². The zero-order chi connectivity index (χ0) is 15.1. The third-order valence-electron chi connectivity index (χ3n) is 2.31. The van der Waals surface area contributed by atoms with Crippen LogP contribution in [0.5, 0.6) is 0 Å². The number of nitro groups is 1. The van der Waals surface area contributed by atoms with Crippen LogP contribution in [0, 0.1) is 10.1 Å². The van der Waals surface area contributed by atoms with Gasteiger partial charge in [-0.25, -0.2) is 4.79 Å². The molecule has 0 aromatic heterocycles. The minimum Gasteiger partial charge on any atom is -0.480 e. The van der Waals surface area contributed by atoms with Crippen molar-refractivity contribution in [2.24, 2.45) is 0 Å². The van der Waals surface area contributed by atoms with Crippen LogP contribution in [-0.2, 0) is 9.59 Å². The van der Waals surface area contributed by atoms with Crippen LogP contribution in [0.15, 0.2) is 30.3 Å². The summed E-state index contributed by atoms with van der Waals surface area (Å²) in [6.45, 7) is -0.730. The highest BCUT2D eigenvalue weighted by atomic mass is 16.6. The van der Waals surface area contributed by atoms with E-state index in [0.717, 1.165) is 6.08 Å². The van der Waals surface area contributed by atoms with E-state index in [4.69, 9.17) is 10.2 Å². The second-order valence-electron chi connectivity index (χ2n) is 3.77. The molecule has 0 fully saturated rings. The summed E-state index contributed by atoms with van der Waals surface area (Å²) in [6.07, 6.45) is 2.34. The number of carbonyl (C=O) groups excluding carboxylic acids is 1. The maximum Gasteiger partial charge on any atom is 0.328 e. The molecule has 0 saturated carbocycles. The molecule has 0 aliphatic rings. The van der Waals surface area contributed by atoms with Gasteiger partial charge >= 0.3 is 5.97 Å². The molecule has 106 valence electrons. The fourth-order valence-electron chi connectivity index (χ4n) is 1.32. The molecule has 20 heavy (non-hydrogen) atoms. The Morgan fingerprint density at radius 1 is 1.45 bits per heavy atom. The summed E-state index contributed by atoms with van der Waals surface area (Å²) in [5, 5.41) is 30.0. The van der Waals surface area contributed by atoms with Gasteiger partial charge in [0.1, 0.15) is 0 Å². The second-order valence-corrected chi connectivity index (χ2v) is 3.77. The SMILES string of the molecule is O=C(/C=C/c1cccc([N+](=O)[O-])c1)N[C@@H](CO)C(=O)O. The minimum absolute atomic E-state index is 0.119. The fourth-order valence-corrected chi connectivity index (χ4v) is 1.32. The molecule has 0 heterocycles. The van der Waals surface area contributed by atoms with Gasteiger partial charge in [0.15, 0.2) is 6.04 Å². The lowest BCUT2D eigenvalue weighted by Gasteiger charge is -2.09. The molecule has 1 aromatic rings. The lowest BCUT2D eigenvalue weighted by atomic mass is 10.2. The molecule has 1 aromatic carbocycles. The van der Waals surface area contributed by atoms with Crippen LogP contribution in [0.2, 0.25) is 0 Å². The first-order valence-corrected chi connectivity index (χ1v) is 5.50. The molecule has 8 heteroatoms. The molecule has 3 N–H and O–H groups in total. The molecule has 8 nitrogen and oxygen atoms in total. The number of aliphatic carboxylic acids is 1. The van der Waals surface area contributed by atoms with Crippen LogP contribution in [0.4, 0.5) is 5.69 Å². The number of hydrogen-bond acceptors (Lipinski definition) is 5. The third kappa shape index (κ3) is 4.50. The van der Waals surface area contributed by atoms with Gasteiger partial charge in [0.2, 0.25) is 5.91 Å². The van der Waals surface area contributed by atoms with E-state index in [1.165, 1.54) is 24.3 Å². The first-order chi connectivity index (χ1) is 9.43. The van der Waals surface area contributed by atoms with Crippen molar-refractivity contribution in [2.75, 3.05) is 6.61 Å². The van der Waals surface area contributed by atoms with Gasteiger partial charge in [-0.3, -0.25) is 14.9 Å². The third-order valence-corrected chi connectivity index (χ3v) is 2.31. The maximum atomic E-state index is 11.4. The number of amides is 1. The molecule has 0 unspecified atom stereocenters. The number of hydrogen-bond donors (Lipinski definition) is 3. The van der Waals surface area contributed by atoms with Gasteiger partial charge < -0.3 is 15.5 Å². The van der Waals surface area contributed by atoms with Gasteiger partial charge in [-0.2, -0.15) is 0 Å². The van der Waals surface area contributed by atoms with Gasteiger partial charge in [0.05, 0.1) is 11.5 Å². The number of non-ortho nitro benzene ring substituents is 1. The summed E-state index contributed by atoms with van der Waals surface area (Å²) in [7, 11) is 0. The highest BCUT2D eigenvalue weighted by molar-refractivity contribution is 5.94. The van der Waals surface area contributed by atoms with Crippen molar-refractivity contribution in [3.8, 4) is 0 Å². The molecule has 0 aliphatic heterocycles. The first kappa shape index (κ1) is 15.3. The smallest absolute Gasteiger partial charge is 0.328 e. The predicted molar refractivity (Wildman–Crippen MR) is 68.8 cm³/mol. The van der Waals surface area contributed by atoms with Gasteiger partial charge in [-0.15, -0.1) is 0 Å². The van der Waals surface area contributed by atoms with Crippen molar-refractivity contribution in [2.45, 2.75) is 6.04 Å². The number of carboxylic acid groups (broad SMARTS) is 1. The lowest BCUT2D eigenvalue weighted by Crippen LogP contribution is -2.42. The number of nitro benzene ring substituents is 1. The van der Waals surface area contributed by atoms with Crippen molar-refractivity contribution in [3.63, 3.8) is 0 Å². The summed E-state index contributed by atoms with van der Waals surface area (Å²) in [6, 6.07) is 4.20. The number of carboxylic acids is 1. The number of rotatable bonds is 6. The molecular formula is C12H12N2O6. The summed E-state index contributed by atoms with van der Waals surface area (Å²) >= 11 is 0. The summed E-state index contributed by atoms with van der Waals surface area (Å²) < 4.78 is 0. The molecule has 0 radical (unpaired) electrons. The number of nitrogens with one attached hydrogen (secondary N) is 1. The number of nitrogens with zero attached hydrogens (tertiary/aromatic N) is 1. The number of aliphatic hydroxyl groups excluding tert-OH is 1. The maximum absolute atomic E-state index is 11.4. The minimum atomic E-state index is -1.39. The zero-order valence-corrected chi connectivity index (χ0v) is 10.2. The van der Waals surface area contributed by atoms with Crippen molar-refractivity contribution >= 4 is 23.6 Å². The largest absolute Gasteiger partial charge is 0.480 e. The Hall–Kier alpha value is -2.74. The highest BCUT2D eigenvalue weighted by Gasteiger charge is 2.17. The lowest BCUT2D eigenvalue weighted by molar-refractivity contribution is -0.384. The summed E-state index contributed by atoms with van der Waals surface area (Å²) in [4.78, 5) is 32.0. The monoisotopic (exact) mass is 280 g/mol. The average molecular weight is 280 g/mol. The molecule has 0 spiro atoms. The summed E-state index contributed by atoms with van der Waals surface area (Å²) in [5.74, 6) is -2.08. The van der Waals surface area contributed by atoms with Crippen LogP contribution >= 0.6 is 0 Å². The quantitative estimate of drug-likeness (QED) is 0.387. The number of aliphatic hydroxyl groups is 1. The Labute approximate surface area is 113 Å². The molecular weight excluding hydrogens is 268 g/mol. The number of carbonyl (C=O) groups is 2. The standard InChI is InChI=1S/C12H12N2O6/c15-7-10(12(17)18)13-11(16)5-4-8-2-1-3-9(6-8)14(19)20/h1-6,10,15H,7H2,(H,13,16)(H,17,18)/b5-4+/t10-/m0/s1. The summed E-state index contributed by atoms with van der Waals surface area (Å²) in [5.41, 5.74) is 0.302. The van der Waals surface area contributed by atoms with Crippen LogP contribution in [0.1, 0.15) is 5.56 Å². The Balaban J connectivity index is 2.72. The van der Waals surface area contributed by atoms with Gasteiger partial charge in [0.25, 0.3) is 5.69 Å². The van der Waals surface area contributed by atoms with E-state index >= 15 is 0 Å². The van der Waals surface area contributed by atoms with Gasteiger partial charge in [-0.1, -0.05) is 12.1 Å². The average Bonchev–Trinajstić information content (AvgIpc) is 2.42. The van der Waals surface area contributed by atoms with Gasteiger partial charge in [0, 0.05) is 18.2 Å². The van der Waals surface area contributed by atoms with Gasteiger partial charge in [-0.05, 0) is 11.6 Å². The van der Waals surface area contributed by atoms with Crippen molar-refractivity contribution in [1.29, 1.82) is 0 Å². The molecule has 0 bridgehead atoms. The van der Waals surface area contributed by atoms with E-state index in [1.807, 2.05) is 0 Å². The zero-order valence-electron chi connectivity index (χ0n) is 10.2. The molecule has 1 rings (SSSR count). The molecule has 0 saturated heterocycles. The van der Waals surface area contributed by atoms with E-state index in [9.17, 15) is 19.7 Å². The van der Waals surface area contributed by atoms with E-state index in [-0.39, 0.29) is 5.69 Å². The van der Waals surface area contributed by atoms with Crippen molar-refractivity contribution < 1.29 is 24.7 Å². The van der Waals surface area contributed by atoms with E-state index < -0.39 is 29.4 Å². The first-order valence-electron chi connectivity index (χ1n) is 5.50. The van der Waals surface area contributed by atoms with Crippen molar-refractivity contribution in [3.05, 3.63) is 46.0 Å². The Morgan fingerprint density at radius 3 is 2.70 bits per heavy atom.